The Kier molecular flexibility index (Phi) is 3.45. The van der Waals surface area contributed by atoms with Gasteiger partial charge in [-0.1, -0.05) is 6.92 Å². The van der Waals surface area contributed by atoms with Crippen LogP contribution in [-0.4, -0.2) is 30.6 Å². The highest BCUT2D eigenvalue weighted by Gasteiger charge is 2.35. The SMILES string of the molecule is CCC(C1CC1)N1CCCC(CN)C1. The van der Waals surface area contributed by atoms with E-state index in [-0.39, 0.29) is 0 Å². The van der Waals surface area contributed by atoms with E-state index in [1.54, 1.807) is 0 Å². The smallest absolute Gasteiger partial charge is 0.0121 e. The summed E-state index contributed by atoms with van der Waals surface area (Å²) in [5.41, 5.74) is 5.77. The number of hydrogen-bond donors (Lipinski definition) is 1. The van der Waals surface area contributed by atoms with E-state index in [0.717, 1.165) is 24.4 Å². The molecule has 2 nitrogen and oxygen atoms in total. The summed E-state index contributed by atoms with van der Waals surface area (Å²) in [5.74, 6) is 1.80. The van der Waals surface area contributed by atoms with Gasteiger partial charge in [0.25, 0.3) is 0 Å². The standard InChI is InChI=1S/C12H24N2/c1-2-12(11-5-6-11)14-7-3-4-10(8-13)9-14/h10-12H,2-9,13H2,1H3. The van der Waals surface area contributed by atoms with Crippen LogP contribution in [0.1, 0.15) is 39.0 Å². The monoisotopic (exact) mass is 196 g/mol. The number of likely N-dealkylation sites (tertiary alicyclic amines) is 1. The first-order valence-electron chi connectivity index (χ1n) is 6.29. The van der Waals surface area contributed by atoms with Gasteiger partial charge in [0.05, 0.1) is 0 Å². The summed E-state index contributed by atoms with van der Waals surface area (Å²) in [7, 11) is 0. The molecular weight excluding hydrogens is 172 g/mol. The van der Waals surface area contributed by atoms with E-state index in [1.165, 1.54) is 45.2 Å². The molecule has 2 N–H and O–H groups in total. The minimum Gasteiger partial charge on any atom is -0.330 e. The van der Waals surface area contributed by atoms with E-state index >= 15 is 0 Å². The van der Waals surface area contributed by atoms with Gasteiger partial charge >= 0.3 is 0 Å². The predicted octanol–water partition coefficient (Wildman–Crippen LogP) is 1.85. The fraction of sp³-hybridized carbons (Fsp3) is 1.00. The van der Waals surface area contributed by atoms with Crippen molar-refractivity contribution in [3.05, 3.63) is 0 Å². The van der Waals surface area contributed by atoms with Crippen LogP contribution in [0.25, 0.3) is 0 Å². The first kappa shape index (κ1) is 10.4. The van der Waals surface area contributed by atoms with E-state index in [0.29, 0.717) is 0 Å². The summed E-state index contributed by atoms with van der Waals surface area (Å²) in [6, 6.07) is 0.879. The van der Waals surface area contributed by atoms with Gasteiger partial charge in [-0.25, -0.2) is 0 Å². The molecule has 1 aliphatic carbocycles. The summed E-state index contributed by atoms with van der Waals surface area (Å²) in [4.78, 5) is 2.72. The molecule has 0 aromatic heterocycles. The molecule has 2 unspecified atom stereocenters. The molecule has 14 heavy (non-hydrogen) atoms. The van der Waals surface area contributed by atoms with Crippen molar-refractivity contribution in [2.75, 3.05) is 19.6 Å². The zero-order chi connectivity index (χ0) is 9.97. The fourth-order valence-electron chi connectivity index (χ4n) is 2.96. The van der Waals surface area contributed by atoms with Gasteiger partial charge in [-0.3, -0.25) is 4.90 Å². The third-order valence-corrected chi connectivity index (χ3v) is 3.94. The van der Waals surface area contributed by atoms with Gasteiger partial charge < -0.3 is 5.73 Å². The molecule has 1 heterocycles. The van der Waals surface area contributed by atoms with E-state index in [9.17, 15) is 0 Å². The molecule has 1 saturated carbocycles. The van der Waals surface area contributed by atoms with Gasteiger partial charge in [-0.05, 0) is 57.0 Å². The molecule has 82 valence electrons. The van der Waals surface area contributed by atoms with Crippen molar-refractivity contribution >= 4 is 0 Å². The molecule has 0 aromatic rings. The summed E-state index contributed by atoms with van der Waals surface area (Å²) in [5, 5.41) is 0. The fourth-order valence-corrected chi connectivity index (χ4v) is 2.96. The van der Waals surface area contributed by atoms with Crippen LogP contribution in [0.3, 0.4) is 0 Å². The Bertz CT molecular complexity index is 177. The Hall–Kier alpha value is -0.0800. The predicted molar refractivity (Wildman–Crippen MR) is 60.2 cm³/mol. The second-order valence-corrected chi connectivity index (χ2v) is 5.05. The second-order valence-electron chi connectivity index (χ2n) is 5.05. The van der Waals surface area contributed by atoms with E-state index < -0.39 is 0 Å². The van der Waals surface area contributed by atoms with Gasteiger partial charge in [0.15, 0.2) is 0 Å². The molecule has 2 aliphatic rings. The lowest BCUT2D eigenvalue weighted by molar-refractivity contribution is 0.109. The lowest BCUT2D eigenvalue weighted by Gasteiger charge is -2.38. The minimum atomic E-state index is 0.775. The van der Waals surface area contributed by atoms with Gasteiger partial charge in [0, 0.05) is 12.6 Å². The van der Waals surface area contributed by atoms with Crippen LogP contribution in [0, 0.1) is 11.8 Å². The van der Waals surface area contributed by atoms with Crippen molar-refractivity contribution < 1.29 is 0 Å². The molecule has 1 saturated heterocycles. The van der Waals surface area contributed by atoms with Crippen molar-refractivity contribution in [3.8, 4) is 0 Å². The minimum absolute atomic E-state index is 0.775. The van der Waals surface area contributed by atoms with Crippen LogP contribution >= 0.6 is 0 Å². The maximum Gasteiger partial charge on any atom is 0.0121 e. The van der Waals surface area contributed by atoms with Gasteiger partial charge in [0.2, 0.25) is 0 Å². The van der Waals surface area contributed by atoms with E-state index in [1.807, 2.05) is 0 Å². The quantitative estimate of drug-likeness (QED) is 0.743. The van der Waals surface area contributed by atoms with Gasteiger partial charge in [-0.2, -0.15) is 0 Å². The highest BCUT2D eigenvalue weighted by Crippen LogP contribution is 2.38. The first-order chi connectivity index (χ1) is 6.85. The van der Waals surface area contributed by atoms with Crippen molar-refractivity contribution in [1.29, 1.82) is 0 Å². The number of hydrogen-bond acceptors (Lipinski definition) is 2. The van der Waals surface area contributed by atoms with Crippen LogP contribution in [0.15, 0.2) is 0 Å². The summed E-state index contributed by atoms with van der Waals surface area (Å²) < 4.78 is 0. The number of nitrogens with zero attached hydrogens (tertiary/aromatic N) is 1. The maximum absolute atomic E-state index is 5.77. The lowest BCUT2D eigenvalue weighted by atomic mass is 9.95. The number of nitrogens with two attached hydrogens (primary N) is 1. The largest absolute Gasteiger partial charge is 0.330 e. The van der Waals surface area contributed by atoms with Gasteiger partial charge in [-0.15, -0.1) is 0 Å². The Morgan fingerprint density at radius 2 is 2.14 bits per heavy atom. The van der Waals surface area contributed by atoms with Crippen LogP contribution in [-0.2, 0) is 0 Å². The Morgan fingerprint density at radius 1 is 1.36 bits per heavy atom. The molecule has 0 spiro atoms. The zero-order valence-electron chi connectivity index (χ0n) is 9.41. The molecule has 2 heteroatoms. The molecule has 0 bridgehead atoms. The molecule has 2 fully saturated rings. The van der Waals surface area contributed by atoms with Crippen molar-refractivity contribution in [2.45, 2.75) is 45.1 Å². The molecule has 0 aromatic carbocycles. The first-order valence-corrected chi connectivity index (χ1v) is 6.29. The van der Waals surface area contributed by atoms with Crippen LogP contribution in [0.2, 0.25) is 0 Å². The number of rotatable bonds is 4. The molecule has 2 atom stereocenters. The van der Waals surface area contributed by atoms with Crippen LogP contribution in [0.5, 0.6) is 0 Å². The molecule has 0 radical (unpaired) electrons. The second kappa shape index (κ2) is 4.63. The third kappa shape index (κ3) is 2.29. The van der Waals surface area contributed by atoms with E-state index in [2.05, 4.69) is 11.8 Å². The third-order valence-electron chi connectivity index (χ3n) is 3.94. The molecule has 0 amide bonds. The summed E-state index contributed by atoms with van der Waals surface area (Å²) in [6.07, 6.45) is 7.01. The lowest BCUT2D eigenvalue weighted by Crippen LogP contribution is -2.45. The maximum atomic E-state index is 5.77. The van der Waals surface area contributed by atoms with E-state index in [4.69, 9.17) is 5.73 Å². The van der Waals surface area contributed by atoms with Crippen molar-refractivity contribution in [1.82, 2.24) is 4.90 Å². The van der Waals surface area contributed by atoms with Crippen molar-refractivity contribution in [2.24, 2.45) is 17.6 Å². The average Bonchev–Trinajstić information content (AvgIpc) is 3.04. The molecule has 1 aliphatic heterocycles. The Balaban J connectivity index is 1.87. The summed E-state index contributed by atoms with van der Waals surface area (Å²) >= 11 is 0. The molecular formula is C12H24N2. The highest BCUT2D eigenvalue weighted by atomic mass is 15.2. The molecule has 2 rings (SSSR count). The number of piperidine rings is 1. The van der Waals surface area contributed by atoms with Gasteiger partial charge in [0.1, 0.15) is 0 Å². The summed E-state index contributed by atoms with van der Waals surface area (Å²) in [6.45, 7) is 5.82. The topological polar surface area (TPSA) is 29.3 Å². The Morgan fingerprint density at radius 3 is 2.71 bits per heavy atom. The van der Waals surface area contributed by atoms with Crippen molar-refractivity contribution in [3.63, 3.8) is 0 Å². The normalized spacial score (nSPS) is 31.7. The zero-order valence-corrected chi connectivity index (χ0v) is 9.41. The average molecular weight is 196 g/mol. The van der Waals surface area contributed by atoms with Crippen LogP contribution < -0.4 is 5.73 Å². The van der Waals surface area contributed by atoms with Crippen LogP contribution in [0.4, 0.5) is 0 Å². The highest BCUT2D eigenvalue weighted by molar-refractivity contribution is 4.89. The Labute approximate surface area is 87.8 Å².